The standard InChI is InChI=1S/C19H24ClN3O4/c1-12-15(11-23(22-12)14-7-5-13(20)6-8-14)17(24)21-16(18(25)26)9-10-27-19(2,3)4/h5-8,11,16H,9-10H2,1-4H3,(H,21,24)(H,25,26). The summed E-state index contributed by atoms with van der Waals surface area (Å²) in [6.07, 6.45) is 1.74. The van der Waals surface area contributed by atoms with E-state index in [-0.39, 0.29) is 18.6 Å². The zero-order chi connectivity index (χ0) is 20.2. The summed E-state index contributed by atoms with van der Waals surface area (Å²) >= 11 is 5.88. The number of rotatable bonds is 7. The lowest BCUT2D eigenvalue weighted by atomic mass is 10.1. The fraction of sp³-hybridized carbons (Fsp3) is 0.421. The highest BCUT2D eigenvalue weighted by atomic mass is 35.5. The van der Waals surface area contributed by atoms with Gasteiger partial charge in [-0.05, 0) is 52.0 Å². The van der Waals surface area contributed by atoms with Crippen LogP contribution in [-0.4, -0.2) is 45.0 Å². The van der Waals surface area contributed by atoms with Gasteiger partial charge in [0.05, 0.1) is 22.5 Å². The fourth-order valence-electron chi connectivity index (χ4n) is 2.39. The normalized spacial score (nSPS) is 12.6. The summed E-state index contributed by atoms with van der Waals surface area (Å²) in [4.78, 5) is 24.0. The van der Waals surface area contributed by atoms with E-state index in [1.807, 2.05) is 20.8 Å². The predicted molar refractivity (Wildman–Crippen MR) is 103 cm³/mol. The number of aliphatic carboxylic acids is 1. The Balaban J connectivity index is 2.09. The van der Waals surface area contributed by atoms with Gasteiger partial charge in [-0.2, -0.15) is 5.10 Å². The monoisotopic (exact) mass is 393 g/mol. The lowest BCUT2D eigenvalue weighted by Gasteiger charge is -2.21. The first-order valence-corrected chi connectivity index (χ1v) is 8.94. The Labute approximate surface area is 163 Å². The highest BCUT2D eigenvalue weighted by molar-refractivity contribution is 6.30. The molecule has 27 heavy (non-hydrogen) atoms. The van der Waals surface area contributed by atoms with Crippen LogP contribution in [0.25, 0.3) is 5.69 Å². The molecule has 1 heterocycles. The van der Waals surface area contributed by atoms with Gasteiger partial charge in [0.2, 0.25) is 0 Å². The topological polar surface area (TPSA) is 93.5 Å². The Morgan fingerprint density at radius 2 is 1.93 bits per heavy atom. The van der Waals surface area contributed by atoms with Gasteiger partial charge in [0, 0.05) is 24.2 Å². The molecule has 1 unspecified atom stereocenters. The zero-order valence-corrected chi connectivity index (χ0v) is 16.6. The van der Waals surface area contributed by atoms with Crippen molar-refractivity contribution in [2.45, 2.75) is 45.8 Å². The van der Waals surface area contributed by atoms with Crippen LogP contribution in [0.4, 0.5) is 0 Å². The van der Waals surface area contributed by atoms with Crippen molar-refractivity contribution in [3.05, 3.63) is 46.7 Å². The Hall–Kier alpha value is -2.38. The molecular weight excluding hydrogens is 370 g/mol. The molecule has 8 heteroatoms. The summed E-state index contributed by atoms with van der Waals surface area (Å²) in [6.45, 7) is 7.57. The van der Waals surface area contributed by atoms with Crippen molar-refractivity contribution < 1.29 is 19.4 Å². The molecule has 0 radical (unpaired) electrons. The number of carbonyl (C=O) groups excluding carboxylic acids is 1. The molecule has 0 fully saturated rings. The molecule has 0 aliphatic carbocycles. The van der Waals surface area contributed by atoms with Crippen molar-refractivity contribution in [2.24, 2.45) is 0 Å². The molecule has 2 aromatic rings. The summed E-state index contributed by atoms with van der Waals surface area (Å²) in [5.74, 6) is -1.60. The fourth-order valence-corrected chi connectivity index (χ4v) is 2.51. The number of aryl methyl sites for hydroxylation is 1. The van der Waals surface area contributed by atoms with Gasteiger partial charge in [0.1, 0.15) is 6.04 Å². The maximum absolute atomic E-state index is 12.5. The summed E-state index contributed by atoms with van der Waals surface area (Å²) < 4.78 is 7.11. The number of nitrogens with one attached hydrogen (secondary N) is 1. The summed E-state index contributed by atoms with van der Waals surface area (Å²) in [6, 6.07) is 5.96. The quantitative estimate of drug-likeness (QED) is 0.753. The van der Waals surface area contributed by atoms with Crippen LogP contribution in [0.5, 0.6) is 0 Å². The number of halogens is 1. The molecule has 0 aliphatic heterocycles. The van der Waals surface area contributed by atoms with Crippen LogP contribution in [0.3, 0.4) is 0 Å². The van der Waals surface area contributed by atoms with Crippen molar-refractivity contribution in [3.63, 3.8) is 0 Å². The third kappa shape index (κ3) is 6.08. The van der Waals surface area contributed by atoms with Crippen LogP contribution >= 0.6 is 11.6 Å². The van der Waals surface area contributed by atoms with Gasteiger partial charge in [-0.3, -0.25) is 4.79 Å². The number of hydrogen-bond acceptors (Lipinski definition) is 4. The van der Waals surface area contributed by atoms with Crippen molar-refractivity contribution in [3.8, 4) is 5.69 Å². The molecular formula is C19H24ClN3O4. The van der Waals surface area contributed by atoms with E-state index in [2.05, 4.69) is 10.4 Å². The molecule has 0 bridgehead atoms. The molecule has 1 aromatic heterocycles. The molecule has 0 spiro atoms. The Morgan fingerprint density at radius 3 is 2.48 bits per heavy atom. The molecule has 7 nitrogen and oxygen atoms in total. The van der Waals surface area contributed by atoms with E-state index in [0.717, 1.165) is 5.69 Å². The number of ether oxygens (including phenoxy) is 1. The summed E-state index contributed by atoms with van der Waals surface area (Å²) in [5, 5.41) is 16.8. The second-order valence-corrected chi connectivity index (χ2v) is 7.60. The van der Waals surface area contributed by atoms with E-state index < -0.39 is 17.9 Å². The lowest BCUT2D eigenvalue weighted by Crippen LogP contribution is -2.42. The van der Waals surface area contributed by atoms with E-state index in [1.165, 1.54) is 0 Å². The summed E-state index contributed by atoms with van der Waals surface area (Å²) in [7, 11) is 0. The molecule has 1 atom stereocenters. The van der Waals surface area contributed by atoms with Crippen molar-refractivity contribution in [1.29, 1.82) is 0 Å². The van der Waals surface area contributed by atoms with Crippen LogP contribution in [0.1, 0.15) is 43.2 Å². The van der Waals surface area contributed by atoms with Gasteiger partial charge < -0.3 is 15.2 Å². The second kappa shape index (κ2) is 8.54. The molecule has 2 rings (SSSR count). The Bertz CT molecular complexity index is 809. The zero-order valence-electron chi connectivity index (χ0n) is 15.8. The van der Waals surface area contributed by atoms with Crippen molar-refractivity contribution in [2.75, 3.05) is 6.61 Å². The van der Waals surface area contributed by atoms with Gasteiger partial charge in [-0.15, -0.1) is 0 Å². The van der Waals surface area contributed by atoms with Crippen LogP contribution in [0.2, 0.25) is 5.02 Å². The van der Waals surface area contributed by atoms with E-state index in [1.54, 1.807) is 42.1 Å². The number of aromatic nitrogens is 2. The molecule has 1 amide bonds. The first-order valence-electron chi connectivity index (χ1n) is 8.56. The number of benzene rings is 1. The first kappa shape index (κ1) is 20.9. The number of hydrogen-bond donors (Lipinski definition) is 2. The molecule has 0 aliphatic rings. The first-order chi connectivity index (χ1) is 12.6. The van der Waals surface area contributed by atoms with Gasteiger partial charge >= 0.3 is 5.97 Å². The largest absolute Gasteiger partial charge is 0.480 e. The SMILES string of the molecule is Cc1nn(-c2ccc(Cl)cc2)cc1C(=O)NC(CCOC(C)(C)C)C(=O)O. The smallest absolute Gasteiger partial charge is 0.326 e. The number of carboxylic acid groups (broad SMARTS) is 1. The Kier molecular flexibility index (Phi) is 6.62. The molecule has 146 valence electrons. The second-order valence-electron chi connectivity index (χ2n) is 7.16. The highest BCUT2D eigenvalue weighted by Gasteiger charge is 2.23. The van der Waals surface area contributed by atoms with Crippen molar-refractivity contribution in [1.82, 2.24) is 15.1 Å². The number of nitrogens with zero attached hydrogens (tertiary/aromatic N) is 2. The Morgan fingerprint density at radius 1 is 1.30 bits per heavy atom. The average Bonchev–Trinajstić information content (AvgIpc) is 2.95. The predicted octanol–water partition coefficient (Wildman–Crippen LogP) is 3.22. The minimum atomic E-state index is -1.11. The number of amides is 1. The van der Waals surface area contributed by atoms with Crippen LogP contribution < -0.4 is 5.32 Å². The van der Waals surface area contributed by atoms with Gasteiger partial charge in [-0.25, -0.2) is 9.48 Å². The van der Waals surface area contributed by atoms with E-state index in [9.17, 15) is 14.7 Å². The van der Waals surface area contributed by atoms with Crippen LogP contribution in [0.15, 0.2) is 30.5 Å². The number of carbonyl (C=O) groups is 2. The third-order valence-electron chi connectivity index (χ3n) is 3.78. The van der Waals surface area contributed by atoms with E-state index >= 15 is 0 Å². The number of carboxylic acids is 1. The van der Waals surface area contributed by atoms with E-state index in [0.29, 0.717) is 16.3 Å². The minimum Gasteiger partial charge on any atom is -0.480 e. The van der Waals surface area contributed by atoms with Gasteiger partial charge in [0.25, 0.3) is 5.91 Å². The van der Waals surface area contributed by atoms with Crippen LogP contribution in [0, 0.1) is 6.92 Å². The van der Waals surface area contributed by atoms with Gasteiger partial charge in [0.15, 0.2) is 0 Å². The maximum Gasteiger partial charge on any atom is 0.326 e. The van der Waals surface area contributed by atoms with Crippen LogP contribution in [-0.2, 0) is 9.53 Å². The highest BCUT2D eigenvalue weighted by Crippen LogP contribution is 2.16. The average molecular weight is 394 g/mol. The molecule has 0 saturated carbocycles. The third-order valence-corrected chi connectivity index (χ3v) is 4.03. The molecule has 1 aromatic carbocycles. The summed E-state index contributed by atoms with van der Waals surface area (Å²) in [5.41, 5.74) is 1.18. The van der Waals surface area contributed by atoms with Crippen molar-refractivity contribution >= 4 is 23.5 Å². The van der Waals surface area contributed by atoms with E-state index in [4.69, 9.17) is 16.3 Å². The molecule has 0 saturated heterocycles. The van der Waals surface area contributed by atoms with Gasteiger partial charge in [-0.1, -0.05) is 11.6 Å². The maximum atomic E-state index is 12.5. The lowest BCUT2D eigenvalue weighted by molar-refractivity contribution is -0.140. The molecule has 2 N–H and O–H groups in total. The minimum absolute atomic E-state index is 0.169.